The Morgan fingerprint density at radius 1 is 1.20 bits per heavy atom. The van der Waals surface area contributed by atoms with Crippen molar-refractivity contribution in [3.63, 3.8) is 0 Å². The van der Waals surface area contributed by atoms with Crippen LogP contribution in [0.3, 0.4) is 0 Å². The van der Waals surface area contributed by atoms with E-state index >= 15 is 0 Å². The zero-order valence-electron chi connectivity index (χ0n) is 12.7. The molecule has 1 heterocycles. The molecule has 0 saturated heterocycles. The lowest BCUT2D eigenvalue weighted by Gasteiger charge is -2.25. The molecule has 1 aliphatic carbocycles. The van der Waals surface area contributed by atoms with Gasteiger partial charge in [-0.2, -0.15) is 0 Å². The van der Waals surface area contributed by atoms with E-state index in [1.54, 1.807) is 0 Å². The molecular formula is C18H24N2. The van der Waals surface area contributed by atoms with Gasteiger partial charge in [0.25, 0.3) is 0 Å². The number of fused-ring (bicyclic) bond motifs is 1. The van der Waals surface area contributed by atoms with Gasteiger partial charge >= 0.3 is 0 Å². The molecule has 106 valence electrons. The van der Waals surface area contributed by atoms with E-state index in [-0.39, 0.29) is 6.04 Å². The van der Waals surface area contributed by atoms with E-state index in [0.717, 1.165) is 12.8 Å². The van der Waals surface area contributed by atoms with Crippen molar-refractivity contribution in [2.24, 2.45) is 5.73 Å². The maximum Gasteiger partial charge on any atom is 0.0557 e. The van der Waals surface area contributed by atoms with E-state index in [0.29, 0.717) is 6.04 Å². The van der Waals surface area contributed by atoms with Crippen LogP contribution in [-0.4, -0.2) is 4.57 Å². The van der Waals surface area contributed by atoms with E-state index < -0.39 is 0 Å². The number of hydrogen-bond acceptors (Lipinski definition) is 1. The van der Waals surface area contributed by atoms with Crippen molar-refractivity contribution in [3.05, 3.63) is 58.4 Å². The minimum absolute atomic E-state index is 0.226. The van der Waals surface area contributed by atoms with E-state index in [4.69, 9.17) is 5.73 Å². The molecule has 0 amide bonds. The van der Waals surface area contributed by atoms with Gasteiger partial charge in [0, 0.05) is 17.4 Å². The number of rotatable bonds is 2. The maximum atomic E-state index is 6.27. The molecule has 2 atom stereocenters. The molecule has 0 aliphatic heterocycles. The average Bonchev–Trinajstić information content (AvgIpc) is 2.77. The van der Waals surface area contributed by atoms with Gasteiger partial charge in [-0.25, -0.2) is 0 Å². The van der Waals surface area contributed by atoms with Crippen LogP contribution in [0.5, 0.6) is 0 Å². The fourth-order valence-electron chi connectivity index (χ4n) is 3.49. The summed E-state index contributed by atoms with van der Waals surface area (Å²) in [7, 11) is 0. The molecule has 0 bridgehead atoms. The Kier molecular flexibility index (Phi) is 3.43. The summed E-state index contributed by atoms with van der Waals surface area (Å²) in [5.41, 5.74) is 13.1. The van der Waals surface area contributed by atoms with Crippen LogP contribution in [0.15, 0.2) is 30.3 Å². The minimum atomic E-state index is 0.226. The highest BCUT2D eigenvalue weighted by molar-refractivity contribution is 5.35. The Morgan fingerprint density at radius 2 is 1.90 bits per heavy atom. The highest BCUT2D eigenvalue weighted by Crippen LogP contribution is 2.34. The molecule has 2 heteroatoms. The third kappa shape index (κ3) is 2.18. The molecule has 2 nitrogen and oxygen atoms in total. The van der Waals surface area contributed by atoms with E-state index in [1.165, 1.54) is 34.5 Å². The van der Waals surface area contributed by atoms with Crippen LogP contribution in [-0.2, 0) is 6.42 Å². The lowest BCUT2D eigenvalue weighted by Crippen LogP contribution is -2.20. The van der Waals surface area contributed by atoms with Crippen molar-refractivity contribution in [2.45, 2.75) is 52.1 Å². The molecule has 1 aliphatic rings. The molecule has 1 aromatic heterocycles. The highest BCUT2D eigenvalue weighted by atomic mass is 15.0. The van der Waals surface area contributed by atoms with Crippen LogP contribution in [0.4, 0.5) is 0 Å². The fourth-order valence-corrected chi connectivity index (χ4v) is 3.49. The monoisotopic (exact) mass is 268 g/mol. The van der Waals surface area contributed by atoms with Crippen molar-refractivity contribution < 1.29 is 0 Å². The molecule has 2 unspecified atom stereocenters. The number of benzene rings is 1. The highest BCUT2D eigenvalue weighted by Gasteiger charge is 2.24. The Morgan fingerprint density at radius 3 is 2.60 bits per heavy atom. The first-order valence-corrected chi connectivity index (χ1v) is 7.60. The van der Waals surface area contributed by atoms with Crippen LogP contribution in [0.1, 0.15) is 59.9 Å². The average molecular weight is 268 g/mol. The van der Waals surface area contributed by atoms with Gasteiger partial charge in [0.2, 0.25) is 0 Å². The molecule has 0 fully saturated rings. The Balaban J connectivity index is 2.03. The van der Waals surface area contributed by atoms with E-state index in [1.807, 2.05) is 0 Å². The predicted octanol–water partition coefficient (Wildman–Crippen LogP) is 4.05. The summed E-state index contributed by atoms with van der Waals surface area (Å²) in [4.78, 5) is 0. The summed E-state index contributed by atoms with van der Waals surface area (Å²) in [5.74, 6) is 0. The topological polar surface area (TPSA) is 30.9 Å². The van der Waals surface area contributed by atoms with E-state index in [2.05, 4.69) is 55.7 Å². The summed E-state index contributed by atoms with van der Waals surface area (Å²) < 4.78 is 2.49. The van der Waals surface area contributed by atoms with Gasteiger partial charge in [-0.1, -0.05) is 29.8 Å². The third-order valence-corrected chi connectivity index (χ3v) is 4.64. The Hall–Kier alpha value is -1.54. The predicted molar refractivity (Wildman–Crippen MR) is 84.0 cm³/mol. The molecule has 2 N–H and O–H groups in total. The largest absolute Gasteiger partial charge is 0.341 e. The summed E-state index contributed by atoms with van der Waals surface area (Å²) in [6.45, 7) is 6.63. The number of aromatic nitrogens is 1. The van der Waals surface area contributed by atoms with Crippen LogP contribution in [0, 0.1) is 13.8 Å². The zero-order chi connectivity index (χ0) is 14.3. The fraction of sp³-hybridized carbons (Fsp3) is 0.444. The Bertz CT molecular complexity index is 607. The van der Waals surface area contributed by atoms with E-state index in [9.17, 15) is 0 Å². The van der Waals surface area contributed by atoms with Gasteiger partial charge in [-0.3, -0.25) is 0 Å². The smallest absolute Gasteiger partial charge is 0.0557 e. The van der Waals surface area contributed by atoms with Gasteiger partial charge in [-0.15, -0.1) is 0 Å². The molecule has 3 rings (SSSR count). The van der Waals surface area contributed by atoms with Gasteiger partial charge in [0.05, 0.1) is 6.04 Å². The maximum absolute atomic E-state index is 6.27. The van der Waals surface area contributed by atoms with Crippen molar-refractivity contribution in [1.29, 1.82) is 0 Å². The standard InChI is InChI=1S/C18H24N2/c1-12-7-9-15(10-8-12)14(3)20-13(2)11-16-17(19)5-4-6-18(16)20/h7-11,14,17H,4-6,19H2,1-3H3. The number of nitrogens with zero attached hydrogens (tertiary/aromatic N) is 1. The SMILES string of the molecule is Cc1ccc(C(C)n2c(C)cc3c2CCCC3N)cc1. The molecule has 0 spiro atoms. The zero-order valence-corrected chi connectivity index (χ0v) is 12.7. The molecule has 0 radical (unpaired) electrons. The normalized spacial score (nSPS) is 19.7. The summed E-state index contributed by atoms with van der Waals surface area (Å²) in [6, 6.07) is 11.8. The Labute approximate surface area is 121 Å². The lowest BCUT2D eigenvalue weighted by atomic mass is 9.93. The first-order valence-electron chi connectivity index (χ1n) is 7.60. The number of hydrogen-bond donors (Lipinski definition) is 1. The molecule has 2 aromatic rings. The van der Waals surface area contributed by atoms with Crippen molar-refractivity contribution >= 4 is 0 Å². The van der Waals surface area contributed by atoms with Crippen molar-refractivity contribution in [2.75, 3.05) is 0 Å². The second kappa shape index (κ2) is 5.10. The number of aryl methyl sites for hydroxylation is 2. The van der Waals surface area contributed by atoms with Crippen LogP contribution in [0.25, 0.3) is 0 Å². The van der Waals surface area contributed by atoms with Gasteiger partial charge < -0.3 is 10.3 Å². The minimum Gasteiger partial charge on any atom is -0.341 e. The second-order valence-electron chi connectivity index (χ2n) is 6.14. The molecule has 0 saturated carbocycles. The molecule has 20 heavy (non-hydrogen) atoms. The first kappa shape index (κ1) is 13.4. The van der Waals surface area contributed by atoms with Crippen molar-refractivity contribution in [1.82, 2.24) is 4.57 Å². The lowest BCUT2D eigenvalue weighted by molar-refractivity contribution is 0.521. The summed E-state index contributed by atoms with van der Waals surface area (Å²) in [6.07, 6.45) is 3.49. The van der Waals surface area contributed by atoms with Crippen LogP contribution < -0.4 is 5.73 Å². The third-order valence-electron chi connectivity index (χ3n) is 4.64. The van der Waals surface area contributed by atoms with Crippen LogP contribution >= 0.6 is 0 Å². The summed E-state index contributed by atoms with van der Waals surface area (Å²) >= 11 is 0. The second-order valence-corrected chi connectivity index (χ2v) is 6.14. The molecule has 1 aromatic carbocycles. The summed E-state index contributed by atoms with van der Waals surface area (Å²) in [5, 5.41) is 0. The first-order chi connectivity index (χ1) is 9.58. The van der Waals surface area contributed by atoms with Crippen molar-refractivity contribution in [3.8, 4) is 0 Å². The molecular weight excluding hydrogens is 244 g/mol. The van der Waals surface area contributed by atoms with Crippen LogP contribution in [0.2, 0.25) is 0 Å². The number of nitrogens with two attached hydrogens (primary N) is 1. The quantitative estimate of drug-likeness (QED) is 0.875. The van der Waals surface area contributed by atoms with Gasteiger partial charge in [0.15, 0.2) is 0 Å². The van der Waals surface area contributed by atoms with Gasteiger partial charge in [0.1, 0.15) is 0 Å². The van der Waals surface area contributed by atoms with Gasteiger partial charge in [-0.05, 0) is 57.2 Å².